The molecule has 62 heavy (non-hydrogen) atoms. The normalized spacial score (nSPS) is 12.3. The Kier molecular flexibility index (Phi) is 47.7. The minimum atomic E-state index is -0.779. The number of carbonyl (C=O) groups is 3. The van der Waals surface area contributed by atoms with Gasteiger partial charge in [-0.1, -0.05) is 218 Å². The molecular weight excluding hydrogens is 769 g/mol. The Balaban J connectivity index is 4.39. The molecule has 0 amide bonds. The maximum Gasteiger partial charge on any atom is 0.306 e. The van der Waals surface area contributed by atoms with E-state index in [4.69, 9.17) is 14.2 Å². The number of ether oxygens (including phenoxy) is 3. The molecule has 0 rings (SSSR count). The van der Waals surface area contributed by atoms with Crippen LogP contribution in [-0.4, -0.2) is 37.2 Å². The van der Waals surface area contributed by atoms with Crippen LogP contribution < -0.4 is 0 Å². The Bertz CT molecular complexity index is 1060. The topological polar surface area (TPSA) is 78.9 Å². The molecule has 6 heteroatoms. The van der Waals surface area contributed by atoms with Crippen molar-refractivity contribution >= 4 is 17.9 Å². The highest BCUT2D eigenvalue weighted by Crippen LogP contribution is 2.16. The van der Waals surface area contributed by atoms with Crippen LogP contribution in [0.5, 0.6) is 0 Å². The highest BCUT2D eigenvalue weighted by molar-refractivity contribution is 5.71. The van der Waals surface area contributed by atoms with Gasteiger partial charge in [-0.3, -0.25) is 14.4 Å². The van der Waals surface area contributed by atoms with Gasteiger partial charge in [0.2, 0.25) is 0 Å². The van der Waals surface area contributed by atoms with Crippen molar-refractivity contribution in [2.75, 3.05) is 13.2 Å². The summed E-state index contributed by atoms with van der Waals surface area (Å²) in [5.41, 5.74) is 0. The van der Waals surface area contributed by atoms with E-state index in [9.17, 15) is 14.4 Å². The molecule has 1 atom stereocenters. The van der Waals surface area contributed by atoms with Crippen molar-refractivity contribution in [1.29, 1.82) is 0 Å². The third-order valence-electron chi connectivity index (χ3n) is 11.8. The van der Waals surface area contributed by atoms with E-state index in [1.807, 2.05) is 0 Å². The van der Waals surface area contributed by atoms with Gasteiger partial charge in [-0.2, -0.15) is 0 Å². The summed E-state index contributed by atoms with van der Waals surface area (Å²) in [6, 6.07) is 0. The van der Waals surface area contributed by atoms with E-state index in [0.29, 0.717) is 19.3 Å². The first-order valence-electron chi connectivity index (χ1n) is 26.8. The second-order valence-electron chi connectivity index (χ2n) is 18.6. The molecule has 6 nitrogen and oxygen atoms in total. The first kappa shape index (κ1) is 59.6. The van der Waals surface area contributed by atoms with Gasteiger partial charge in [-0.25, -0.2) is 0 Å². The van der Waals surface area contributed by atoms with Gasteiger partial charge in [0.15, 0.2) is 6.10 Å². The van der Waals surface area contributed by atoms with Crippen molar-refractivity contribution in [3.05, 3.63) is 36.5 Å². The van der Waals surface area contributed by atoms with Crippen LogP contribution >= 0.6 is 0 Å². The summed E-state index contributed by atoms with van der Waals surface area (Å²) in [5.74, 6) is -0.0679. The van der Waals surface area contributed by atoms with Gasteiger partial charge in [-0.15, -0.1) is 0 Å². The summed E-state index contributed by atoms with van der Waals surface area (Å²) in [7, 11) is 0. The van der Waals surface area contributed by atoms with Crippen LogP contribution in [0.4, 0.5) is 0 Å². The highest BCUT2D eigenvalue weighted by Gasteiger charge is 2.19. The quantitative estimate of drug-likeness (QED) is 0.0262. The van der Waals surface area contributed by atoms with E-state index >= 15 is 0 Å². The number of hydrogen-bond acceptors (Lipinski definition) is 6. The van der Waals surface area contributed by atoms with Crippen molar-refractivity contribution in [1.82, 2.24) is 0 Å². The van der Waals surface area contributed by atoms with E-state index in [1.54, 1.807) is 0 Å². The third-order valence-corrected chi connectivity index (χ3v) is 11.8. The molecule has 0 heterocycles. The van der Waals surface area contributed by atoms with Gasteiger partial charge >= 0.3 is 17.9 Å². The van der Waals surface area contributed by atoms with Gasteiger partial charge in [0.25, 0.3) is 0 Å². The predicted molar refractivity (Wildman–Crippen MR) is 265 cm³/mol. The van der Waals surface area contributed by atoms with Crippen LogP contribution in [0, 0.1) is 5.92 Å². The smallest absolute Gasteiger partial charge is 0.306 e. The fraction of sp³-hybridized carbons (Fsp3) is 0.839. The van der Waals surface area contributed by atoms with Gasteiger partial charge < -0.3 is 14.2 Å². The maximum absolute atomic E-state index is 12.8. The molecule has 0 spiro atoms. The molecule has 0 bridgehead atoms. The van der Waals surface area contributed by atoms with Crippen molar-refractivity contribution < 1.29 is 28.6 Å². The summed E-state index contributed by atoms with van der Waals surface area (Å²) in [4.78, 5) is 38.0. The zero-order valence-electron chi connectivity index (χ0n) is 41.6. The van der Waals surface area contributed by atoms with Crippen molar-refractivity contribution in [2.45, 2.75) is 284 Å². The SMILES string of the molecule is CCCCCC=CCC=CCCCCCCCC(=O)OCC(COC(=O)CCCCCCCCCCCCCC(C)C)OC(=O)CCCCCCCC=CCCCCCCCC. The van der Waals surface area contributed by atoms with E-state index in [-0.39, 0.29) is 31.1 Å². The average molecular weight is 871 g/mol. The molecule has 0 radical (unpaired) electrons. The fourth-order valence-electron chi connectivity index (χ4n) is 7.71. The molecule has 362 valence electrons. The van der Waals surface area contributed by atoms with Gasteiger partial charge in [-0.05, 0) is 83.0 Å². The Labute approximate surface area is 385 Å². The standard InChI is InChI=1S/C56H102O6/c1-5-7-9-11-13-15-17-19-21-23-27-31-35-39-43-47-54(57)60-50-53(51-61-55(58)48-44-40-36-32-29-25-26-30-34-38-42-46-52(3)4)62-56(59)49-45-41-37-33-28-24-22-20-18-16-14-12-10-8-6-2/h13,15,19-22,52-53H,5-12,14,16-18,23-51H2,1-4H3. The number of rotatable bonds is 48. The van der Waals surface area contributed by atoms with Crippen LogP contribution in [0.1, 0.15) is 278 Å². The maximum atomic E-state index is 12.8. The molecule has 1 unspecified atom stereocenters. The molecule has 0 aromatic carbocycles. The predicted octanol–water partition coefficient (Wildman–Crippen LogP) is 17.6. The lowest BCUT2D eigenvalue weighted by atomic mass is 10.0. The molecule has 0 N–H and O–H groups in total. The van der Waals surface area contributed by atoms with Crippen LogP contribution in [0.15, 0.2) is 36.5 Å². The Morgan fingerprint density at radius 2 is 0.677 bits per heavy atom. The molecule has 0 aliphatic heterocycles. The van der Waals surface area contributed by atoms with Gasteiger partial charge in [0, 0.05) is 19.3 Å². The third kappa shape index (κ3) is 48.7. The van der Waals surface area contributed by atoms with Crippen LogP contribution in [0.2, 0.25) is 0 Å². The summed E-state index contributed by atoms with van der Waals surface area (Å²) >= 11 is 0. The lowest BCUT2D eigenvalue weighted by Gasteiger charge is -2.18. The number of carbonyl (C=O) groups excluding carboxylic acids is 3. The highest BCUT2D eigenvalue weighted by atomic mass is 16.6. The second kappa shape index (κ2) is 49.6. The minimum absolute atomic E-state index is 0.0780. The molecule has 0 aliphatic rings. The zero-order chi connectivity index (χ0) is 45.2. The lowest BCUT2D eigenvalue weighted by Crippen LogP contribution is -2.30. The number of hydrogen-bond donors (Lipinski definition) is 0. The molecule has 0 aromatic heterocycles. The van der Waals surface area contributed by atoms with E-state index in [1.165, 1.54) is 148 Å². The molecule has 0 aromatic rings. The Hall–Kier alpha value is -2.37. The van der Waals surface area contributed by atoms with E-state index in [2.05, 4.69) is 64.2 Å². The Morgan fingerprint density at radius 1 is 0.371 bits per heavy atom. The van der Waals surface area contributed by atoms with Crippen LogP contribution in [0.25, 0.3) is 0 Å². The average Bonchev–Trinajstić information content (AvgIpc) is 3.26. The first-order valence-corrected chi connectivity index (χ1v) is 26.8. The van der Waals surface area contributed by atoms with Crippen LogP contribution in [-0.2, 0) is 28.6 Å². The monoisotopic (exact) mass is 871 g/mol. The van der Waals surface area contributed by atoms with Crippen molar-refractivity contribution in [2.24, 2.45) is 5.92 Å². The zero-order valence-corrected chi connectivity index (χ0v) is 41.6. The van der Waals surface area contributed by atoms with E-state index < -0.39 is 6.10 Å². The van der Waals surface area contributed by atoms with Crippen LogP contribution in [0.3, 0.4) is 0 Å². The summed E-state index contributed by atoms with van der Waals surface area (Å²) < 4.78 is 16.8. The molecular formula is C56H102O6. The number of allylic oxidation sites excluding steroid dienone is 6. The molecule has 0 saturated heterocycles. The minimum Gasteiger partial charge on any atom is -0.462 e. The number of esters is 3. The largest absolute Gasteiger partial charge is 0.462 e. The van der Waals surface area contributed by atoms with Gasteiger partial charge in [0.05, 0.1) is 0 Å². The molecule has 0 aliphatic carbocycles. The summed E-state index contributed by atoms with van der Waals surface area (Å²) in [5, 5.41) is 0. The number of unbranched alkanes of at least 4 members (excludes halogenated alkanes) is 29. The Morgan fingerprint density at radius 3 is 1.08 bits per heavy atom. The molecule has 0 saturated carbocycles. The van der Waals surface area contributed by atoms with E-state index in [0.717, 1.165) is 89.4 Å². The van der Waals surface area contributed by atoms with Gasteiger partial charge in [0.1, 0.15) is 13.2 Å². The fourth-order valence-corrected chi connectivity index (χ4v) is 7.71. The first-order chi connectivity index (χ1) is 30.4. The van der Waals surface area contributed by atoms with Crippen molar-refractivity contribution in [3.8, 4) is 0 Å². The summed E-state index contributed by atoms with van der Waals surface area (Å²) in [6.45, 7) is 8.95. The molecule has 0 fully saturated rings. The lowest BCUT2D eigenvalue weighted by molar-refractivity contribution is -0.167. The second-order valence-corrected chi connectivity index (χ2v) is 18.6. The van der Waals surface area contributed by atoms with Crippen molar-refractivity contribution in [3.63, 3.8) is 0 Å². The summed E-state index contributed by atoms with van der Waals surface area (Å²) in [6.07, 6.45) is 57.0.